The van der Waals surface area contributed by atoms with Crippen molar-refractivity contribution in [2.24, 2.45) is 14.1 Å². The molecule has 7 nitrogen and oxygen atoms in total. The molecule has 0 radical (unpaired) electrons. The molecule has 1 aromatic heterocycles. The van der Waals surface area contributed by atoms with Crippen molar-refractivity contribution in [3.63, 3.8) is 0 Å². The summed E-state index contributed by atoms with van der Waals surface area (Å²) in [4.78, 5) is 38.7. The zero-order valence-electron chi connectivity index (χ0n) is 16.9. The third-order valence-electron chi connectivity index (χ3n) is 5.40. The molecule has 1 N–H and O–H groups in total. The van der Waals surface area contributed by atoms with E-state index in [1.807, 2.05) is 0 Å². The zero-order valence-corrected chi connectivity index (χ0v) is 16.9. The number of nitrogens with one attached hydrogen (secondary N) is 1. The third kappa shape index (κ3) is 4.03. The zero-order chi connectivity index (χ0) is 20.4. The number of carbonyl (C=O) groups excluding carboxylic acids is 1. The SMILES string of the molecule is CC(C)c1ccc(N[C@@H]2CCCN(C(=O)c3cc(=O)n(C)c(=O)n3C)C2)cc1. The molecule has 1 fully saturated rings. The van der Waals surface area contributed by atoms with Crippen LogP contribution < -0.4 is 16.6 Å². The van der Waals surface area contributed by atoms with Crippen LogP contribution in [0.2, 0.25) is 0 Å². The van der Waals surface area contributed by atoms with Gasteiger partial charge in [-0.3, -0.25) is 18.7 Å². The predicted molar refractivity (Wildman–Crippen MR) is 110 cm³/mol. The van der Waals surface area contributed by atoms with Gasteiger partial charge in [0.15, 0.2) is 0 Å². The number of piperidine rings is 1. The van der Waals surface area contributed by atoms with E-state index in [1.54, 1.807) is 4.90 Å². The Hall–Kier alpha value is -2.83. The Morgan fingerprint density at radius 2 is 1.79 bits per heavy atom. The second kappa shape index (κ2) is 8.04. The predicted octanol–water partition coefficient (Wildman–Crippen LogP) is 1.92. The van der Waals surface area contributed by atoms with Gasteiger partial charge in [0.05, 0.1) is 0 Å². The lowest BCUT2D eigenvalue weighted by Gasteiger charge is -2.34. The average molecular weight is 384 g/mol. The molecule has 0 spiro atoms. The van der Waals surface area contributed by atoms with Gasteiger partial charge in [-0.15, -0.1) is 0 Å². The van der Waals surface area contributed by atoms with Gasteiger partial charge in [-0.2, -0.15) is 0 Å². The third-order valence-corrected chi connectivity index (χ3v) is 5.40. The lowest BCUT2D eigenvalue weighted by molar-refractivity contribution is 0.0702. The largest absolute Gasteiger partial charge is 0.381 e. The normalized spacial score (nSPS) is 17.0. The van der Waals surface area contributed by atoms with Crippen molar-refractivity contribution < 1.29 is 4.79 Å². The monoisotopic (exact) mass is 384 g/mol. The maximum atomic E-state index is 12.9. The minimum Gasteiger partial charge on any atom is -0.381 e. The van der Waals surface area contributed by atoms with E-state index in [0.29, 0.717) is 19.0 Å². The standard InChI is InChI=1S/C21H28N4O3/c1-14(2)15-7-9-16(10-8-15)22-17-6-5-11-25(13-17)20(27)18-12-19(26)24(4)21(28)23(18)3/h7-10,12,14,17,22H,5-6,11,13H2,1-4H3/t17-/m1/s1. The number of aromatic nitrogens is 2. The van der Waals surface area contributed by atoms with E-state index < -0.39 is 11.2 Å². The minimum absolute atomic E-state index is 0.131. The number of hydrogen-bond donors (Lipinski definition) is 1. The van der Waals surface area contributed by atoms with E-state index in [0.717, 1.165) is 23.1 Å². The molecular weight excluding hydrogens is 356 g/mol. The molecule has 3 rings (SSSR count). The Bertz CT molecular complexity index is 973. The molecule has 1 aliphatic rings. The van der Waals surface area contributed by atoms with E-state index >= 15 is 0 Å². The highest BCUT2D eigenvalue weighted by atomic mass is 16.2. The number of carbonyl (C=O) groups is 1. The first-order chi connectivity index (χ1) is 13.3. The van der Waals surface area contributed by atoms with Crippen molar-refractivity contribution in [3.8, 4) is 0 Å². The number of rotatable bonds is 4. The summed E-state index contributed by atoms with van der Waals surface area (Å²) >= 11 is 0. The maximum Gasteiger partial charge on any atom is 0.331 e. The van der Waals surface area contributed by atoms with Crippen LogP contribution in [0.1, 0.15) is 48.7 Å². The van der Waals surface area contributed by atoms with Gasteiger partial charge in [0.25, 0.3) is 11.5 Å². The van der Waals surface area contributed by atoms with Gasteiger partial charge in [0, 0.05) is 45.0 Å². The summed E-state index contributed by atoms with van der Waals surface area (Å²) in [6.45, 7) is 5.48. The van der Waals surface area contributed by atoms with Crippen LogP contribution in [0.25, 0.3) is 0 Å². The van der Waals surface area contributed by atoms with Gasteiger partial charge >= 0.3 is 5.69 Å². The number of anilines is 1. The molecule has 1 aromatic carbocycles. The summed E-state index contributed by atoms with van der Waals surface area (Å²) < 4.78 is 2.24. The fourth-order valence-electron chi connectivity index (χ4n) is 3.58. The van der Waals surface area contributed by atoms with Gasteiger partial charge in [-0.05, 0) is 36.5 Å². The van der Waals surface area contributed by atoms with Crippen LogP contribution in [0.15, 0.2) is 39.9 Å². The molecule has 7 heteroatoms. The van der Waals surface area contributed by atoms with Crippen molar-refractivity contribution in [2.45, 2.75) is 38.6 Å². The van der Waals surface area contributed by atoms with E-state index in [1.165, 1.54) is 30.3 Å². The van der Waals surface area contributed by atoms with Gasteiger partial charge in [-0.25, -0.2) is 4.79 Å². The highest BCUT2D eigenvalue weighted by Gasteiger charge is 2.26. The van der Waals surface area contributed by atoms with Crippen molar-refractivity contribution in [1.29, 1.82) is 0 Å². The number of benzene rings is 1. The number of likely N-dealkylation sites (tertiary alicyclic amines) is 1. The smallest absolute Gasteiger partial charge is 0.331 e. The second-order valence-electron chi connectivity index (χ2n) is 7.78. The highest BCUT2D eigenvalue weighted by molar-refractivity contribution is 5.92. The first-order valence-electron chi connectivity index (χ1n) is 9.70. The molecule has 2 heterocycles. The molecule has 150 valence electrons. The van der Waals surface area contributed by atoms with Crippen LogP contribution in [0, 0.1) is 0 Å². The molecule has 1 amide bonds. The maximum absolute atomic E-state index is 12.9. The molecule has 1 atom stereocenters. The minimum atomic E-state index is -0.493. The molecule has 0 bridgehead atoms. The van der Waals surface area contributed by atoms with Crippen LogP contribution in [0.4, 0.5) is 5.69 Å². The molecule has 1 saturated heterocycles. The lowest BCUT2D eigenvalue weighted by Crippen LogP contribution is -2.48. The lowest BCUT2D eigenvalue weighted by atomic mass is 10.0. The Kier molecular flexibility index (Phi) is 5.72. The van der Waals surface area contributed by atoms with E-state index in [-0.39, 0.29) is 17.6 Å². The molecule has 0 unspecified atom stereocenters. The first-order valence-corrected chi connectivity index (χ1v) is 9.70. The molecule has 28 heavy (non-hydrogen) atoms. The summed E-state index contributed by atoms with van der Waals surface area (Å²) in [7, 11) is 2.93. The van der Waals surface area contributed by atoms with Gasteiger partial charge < -0.3 is 10.2 Å². The quantitative estimate of drug-likeness (QED) is 0.874. The van der Waals surface area contributed by atoms with Crippen LogP contribution in [-0.2, 0) is 14.1 Å². The fourth-order valence-corrected chi connectivity index (χ4v) is 3.58. The average Bonchev–Trinajstić information content (AvgIpc) is 2.69. The summed E-state index contributed by atoms with van der Waals surface area (Å²) in [6.07, 6.45) is 1.83. The highest BCUT2D eigenvalue weighted by Crippen LogP contribution is 2.20. The van der Waals surface area contributed by atoms with E-state index in [9.17, 15) is 14.4 Å². The summed E-state index contributed by atoms with van der Waals surface area (Å²) in [5, 5.41) is 3.50. The number of amides is 1. The molecular formula is C21H28N4O3. The van der Waals surface area contributed by atoms with Gasteiger partial charge in [0.2, 0.25) is 0 Å². The summed E-state index contributed by atoms with van der Waals surface area (Å²) in [6, 6.07) is 9.75. The van der Waals surface area contributed by atoms with E-state index in [4.69, 9.17) is 0 Å². The van der Waals surface area contributed by atoms with Crippen LogP contribution in [0.5, 0.6) is 0 Å². The Balaban J connectivity index is 1.74. The van der Waals surface area contributed by atoms with Crippen LogP contribution in [0.3, 0.4) is 0 Å². The van der Waals surface area contributed by atoms with Crippen LogP contribution in [-0.4, -0.2) is 39.1 Å². The topological polar surface area (TPSA) is 76.3 Å². The molecule has 2 aromatic rings. The second-order valence-corrected chi connectivity index (χ2v) is 7.78. The van der Waals surface area contributed by atoms with Gasteiger partial charge in [-0.1, -0.05) is 26.0 Å². The fraction of sp³-hybridized carbons (Fsp3) is 0.476. The summed E-state index contributed by atoms with van der Waals surface area (Å²) in [5.41, 5.74) is 1.49. The van der Waals surface area contributed by atoms with E-state index in [2.05, 4.69) is 43.4 Å². The van der Waals surface area contributed by atoms with Crippen molar-refractivity contribution in [3.05, 3.63) is 62.4 Å². The van der Waals surface area contributed by atoms with Gasteiger partial charge in [0.1, 0.15) is 5.69 Å². The van der Waals surface area contributed by atoms with Crippen molar-refractivity contribution in [1.82, 2.24) is 14.0 Å². The Morgan fingerprint density at radius 3 is 2.43 bits per heavy atom. The molecule has 0 aliphatic carbocycles. The van der Waals surface area contributed by atoms with Crippen molar-refractivity contribution in [2.75, 3.05) is 18.4 Å². The molecule has 0 saturated carbocycles. The van der Waals surface area contributed by atoms with Crippen molar-refractivity contribution >= 4 is 11.6 Å². The Labute approximate surface area is 164 Å². The molecule has 1 aliphatic heterocycles. The van der Waals surface area contributed by atoms with Crippen LogP contribution >= 0.6 is 0 Å². The summed E-state index contributed by atoms with van der Waals surface area (Å²) in [5.74, 6) is 0.209. The number of hydrogen-bond acceptors (Lipinski definition) is 4. The number of nitrogens with zero attached hydrogens (tertiary/aromatic N) is 3. The first kappa shape index (κ1) is 19.9. The Morgan fingerprint density at radius 1 is 1.11 bits per heavy atom.